The molecule has 0 radical (unpaired) electrons. The highest BCUT2D eigenvalue weighted by atomic mass is 19.3. The largest absolute Gasteiger partial charge is 0.368 e. The average Bonchev–Trinajstić information content (AvgIpc) is 3.16. The van der Waals surface area contributed by atoms with Gasteiger partial charge in [0.1, 0.15) is 0 Å². The van der Waals surface area contributed by atoms with Gasteiger partial charge >= 0.3 is 11.8 Å². The first-order valence-corrected chi connectivity index (χ1v) is 16.4. The van der Waals surface area contributed by atoms with Gasteiger partial charge in [-0.05, 0) is 35.4 Å². The fourth-order valence-corrected chi connectivity index (χ4v) is 6.40. The zero-order chi connectivity index (χ0) is 34.4. The normalized spacial score (nSPS) is 17.1. The molecular weight excluding hydrogens is 636 g/mol. The monoisotopic (exact) mass is 674 g/mol. The Hall–Kier alpha value is -4.90. The van der Waals surface area contributed by atoms with Gasteiger partial charge in [-0.25, -0.2) is 0 Å². The molecule has 2 amide bonds. The quantitative estimate of drug-likeness (QED) is 0.181. The highest BCUT2D eigenvalue weighted by Crippen LogP contribution is 2.45. The molecule has 0 aliphatic carbocycles. The minimum atomic E-state index is -4.25. The molecule has 0 N–H and O–H groups in total. The Labute approximate surface area is 283 Å². The van der Waals surface area contributed by atoms with Crippen molar-refractivity contribution in [3.8, 4) is 0 Å². The van der Waals surface area contributed by atoms with Crippen molar-refractivity contribution in [2.75, 3.05) is 62.2 Å². The molecule has 2 unspecified atom stereocenters. The van der Waals surface area contributed by atoms with Crippen LogP contribution in [0.1, 0.15) is 23.3 Å². The Morgan fingerprint density at radius 2 is 0.755 bits per heavy atom. The van der Waals surface area contributed by atoms with Gasteiger partial charge < -0.3 is 24.3 Å². The summed E-state index contributed by atoms with van der Waals surface area (Å²) in [6.45, 7) is 1.32. The highest BCUT2D eigenvalue weighted by Gasteiger charge is 2.57. The fourth-order valence-electron chi connectivity index (χ4n) is 6.40. The lowest BCUT2D eigenvalue weighted by Crippen LogP contribution is -2.56. The minimum absolute atomic E-state index is 0.0105. The summed E-state index contributed by atoms with van der Waals surface area (Å²) in [6, 6.07) is 33.1. The van der Waals surface area contributed by atoms with Crippen LogP contribution in [-0.2, 0) is 14.3 Å². The van der Waals surface area contributed by atoms with Gasteiger partial charge in [-0.2, -0.15) is 17.6 Å². The number of halogens is 4. The molecule has 0 spiro atoms. The van der Waals surface area contributed by atoms with E-state index >= 15 is 17.6 Å². The van der Waals surface area contributed by atoms with Crippen molar-refractivity contribution in [3.63, 3.8) is 0 Å². The molecule has 11 heteroatoms. The standard InChI is InChI=1S/C38H38F4N4O3/c39-37(40,35(47)45-25-21-43(22-26-45)31-17-9-3-10-18-31)33(29-13-5-1-6-14-29)49-34(30-15-7-2-8-16-30)38(41,42)36(48)46-27-23-44(24-28-46)32-19-11-4-12-20-32/h1-20,33-34H,21-28H2. The van der Waals surface area contributed by atoms with E-state index in [0.29, 0.717) is 26.2 Å². The van der Waals surface area contributed by atoms with Crippen LogP contribution in [0.3, 0.4) is 0 Å². The Balaban J connectivity index is 1.25. The summed E-state index contributed by atoms with van der Waals surface area (Å²) < 4.78 is 71.8. The van der Waals surface area contributed by atoms with Crippen LogP contribution in [0.5, 0.6) is 0 Å². The van der Waals surface area contributed by atoms with E-state index in [0.717, 1.165) is 21.2 Å². The van der Waals surface area contributed by atoms with Gasteiger partial charge in [-0.1, -0.05) is 97.1 Å². The molecular formula is C38H38F4N4O3. The van der Waals surface area contributed by atoms with Crippen LogP contribution in [0.2, 0.25) is 0 Å². The molecule has 6 rings (SSSR count). The molecule has 0 aromatic heterocycles. The van der Waals surface area contributed by atoms with E-state index in [1.165, 1.54) is 48.5 Å². The first-order chi connectivity index (χ1) is 23.7. The minimum Gasteiger partial charge on any atom is -0.368 e. The number of amides is 2. The highest BCUT2D eigenvalue weighted by molar-refractivity contribution is 5.86. The van der Waals surface area contributed by atoms with Crippen LogP contribution in [0, 0.1) is 0 Å². The summed E-state index contributed by atoms with van der Waals surface area (Å²) in [7, 11) is 0. The number of benzene rings is 4. The smallest absolute Gasteiger partial charge is 0.354 e. The lowest BCUT2D eigenvalue weighted by Gasteiger charge is -2.41. The Bertz CT molecular complexity index is 1540. The van der Waals surface area contributed by atoms with E-state index in [2.05, 4.69) is 0 Å². The van der Waals surface area contributed by atoms with Gasteiger partial charge in [0.05, 0.1) is 0 Å². The maximum Gasteiger partial charge on any atom is 0.354 e. The van der Waals surface area contributed by atoms with Crippen molar-refractivity contribution < 1.29 is 31.9 Å². The number of carbonyl (C=O) groups is 2. The fraction of sp³-hybridized carbons (Fsp3) is 0.316. The third-order valence-electron chi connectivity index (χ3n) is 9.08. The van der Waals surface area contributed by atoms with E-state index in [1.54, 1.807) is 12.1 Å². The van der Waals surface area contributed by atoms with Gasteiger partial charge in [0.15, 0.2) is 12.2 Å². The molecule has 2 saturated heterocycles. The first kappa shape index (κ1) is 34.0. The number of ether oxygens (including phenoxy) is 1. The average molecular weight is 675 g/mol. The van der Waals surface area contributed by atoms with Gasteiger partial charge in [-0.3, -0.25) is 9.59 Å². The van der Waals surface area contributed by atoms with Gasteiger partial charge in [0.25, 0.3) is 11.8 Å². The van der Waals surface area contributed by atoms with Gasteiger partial charge in [0, 0.05) is 63.7 Å². The topological polar surface area (TPSA) is 56.3 Å². The van der Waals surface area contributed by atoms with Crippen molar-refractivity contribution in [1.82, 2.24) is 9.80 Å². The van der Waals surface area contributed by atoms with Crippen LogP contribution in [0.4, 0.5) is 28.9 Å². The Kier molecular flexibility index (Phi) is 10.2. The Morgan fingerprint density at radius 3 is 1.06 bits per heavy atom. The van der Waals surface area contributed by atoms with Crippen molar-refractivity contribution in [1.29, 1.82) is 0 Å². The number of anilines is 2. The van der Waals surface area contributed by atoms with E-state index in [-0.39, 0.29) is 37.3 Å². The summed E-state index contributed by atoms with van der Waals surface area (Å²) in [4.78, 5) is 33.2. The van der Waals surface area contributed by atoms with Crippen LogP contribution in [0.15, 0.2) is 121 Å². The molecule has 256 valence electrons. The van der Waals surface area contributed by atoms with Crippen LogP contribution < -0.4 is 9.80 Å². The predicted molar refractivity (Wildman–Crippen MR) is 180 cm³/mol. The molecule has 2 atom stereocenters. The molecule has 2 fully saturated rings. The number of carbonyl (C=O) groups excluding carboxylic acids is 2. The second-order valence-electron chi connectivity index (χ2n) is 12.2. The number of piperazine rings is 2. The van der Waals surface area contributed by atoms with Crippen LogP contribution in [0.25, 0.3) is 0 Å². The number of alkyl halides is 4. The third-order valence-corrected chi connectivity index (χ3v) is 9.08. The summed E-state index contributed by atoms with van der Waals surface area (Å²) in [5.41, 5.74) is 1.49. The number of rotatable bonds is 10. The lowest BCUT2D eigenvalue weighted by molar-refractivity contribution is -0.226. The van der Waals surface area contributed by atoms with Crippen molar-refractivity contribution in [2.24, 2.45) is 0 Å². The first-order valence-electron chi connectivity index (χ1n) is 16.4. The Morgan fingerprint density at radius 1 is 0.469 bits per heavy atom. The number of hydrogen-bond donors (Lipinski definition) is 0. The van der Waals surface area contributed by atoms with E-state index in [1.807, 2.05) is 70.5 Å². The molecule has 2 heterocycles. The van der Waals surface area contributed by atoms with Gasteiger partial charge in [-0.15, -0.1) is 0 Å². The maximum absolute atomic E-state index is 16.5. The molecule has 7 nitrogen and oxygen atoms in total. The zero-order valence-electron chi connectivity index (χ0n) is 26.9. The maximum atomic E-state index is 16.5. The summed E-state index contributed by atoms with van der Waals surface area (Å²) in [6.07, 6.45) is -4.82. The SMILES string of the molecule is O=C(N1CCN(c2ccccc2)CC1)C(F)(F)C(OC(c1ccccc1)C(F)(F)C(=O)N1CCN(c2ccccc2)CC1)c1ccccc1. The predicted octanol–water partition coefficient (Wildman–Crippen LogP) is 6.45. The van der Waals surface area contributed by atoms with Crippen molar-refractivity contribution in [3.05, 3.63) is 132 Å². The van der Waals surface area contributed by atoms with Crippen molar-refractivity contribution in [2.45, 2.75) is 24.1 Å². The van der Waals surface area contributed by atoms with Gasteiger partial charge in [0.2, 0.25) is 0 Å². The third kappa shape index (κ3) is 7.41. The van der Waals surface area contributed by atoms with E-state index in [4.69, 9.17) is 4.74 Å². The number of hydrogen-bond acceptors (Lipinski definition) is 5. The number of nitrogens with zero attached hydrogens (tertiary/aromatic N) is 4. The van der Waals surface area contributed by atoms with Crippen LogP contribution in [-0.4, -0.2) is 85.8 Å². The van der Waals surface area contributed by atoms with E-state index < -0.39 is 35.9 Å². The molecule has 2 aliphatic heterocycles. The second-order valence-corrected chi connectivity index (χ2v) is 12.2. The molecule has 2 aliphatic rings. The molecule has 4 aromatic rings. The molecule has 0 saturated carbocycles. The second kappa shape index (κ2) is 14.7. The summed E-state index contributed by atoms with van der Waals surface area (Å²) in [5.74, 6) is -11.5. The van der Waals surface area contributed by atoms with E-state index in [9.17, 15) is 9.59 Å². The summed E-state index contributed by atoms with van der Waals surface area (Å²) >= 11 is 0. The zero-order valence-corrected chi connectivity index (χ0v) is 26.9. The molecule has 49 heavy (non-hydrogen) atoms. The van der Waals surface area contributed by atoms with Crippen molar-refractivity contribution >= 4 is 23.2 Å². The molecule has 0 bridgehead atoms. The summed E-state index contributed by atoms with van der Waals surface area (Å²) in [5, 5.41) is 0. The molecule has 4 aromatic carbocycles. The number of para-hydroxylation sites is 2. The van der Waals surface area contributed by atoms with Crippen LogP contribution >= 0.6 is 0 Å². The lowest BCUT2D eigenvalue weighted by atomic mass is 9.98.